The van der Waals surface area contributed by atoms with E-state index in [1.54, 1.807) is 0 Å². The van der Waals surface area contributed by atoms with E-state index < -0.39 is 0 Å². The van der Waals surface area contributed by atoms with Crippen molar-refractivity contribution in [1.29, 1.82) is 0 Å². The molecular weight excluding hydrogens is 344 g/mol. The molecule has 1 rings (SSSR count). The first kappa shape index (κ1) is 18.5. The number of nitrogens with two attached hydrogens (primary N) is 1. The van der Waals surface area contributed by atoms with Crippen molar-refractivity contribution in [3.05, 3.63) is 28.2 Å². The lowest BCUT2D eigenvalue weighted by Crippen LogP contribution is -2.33. The van der Waals surface area contributed by atoms with E-state index in [1.807, 2.05) is 25.1 Å². The fraction of sp³-hybridized carbons (Fsp3) is 0.500. The molecule has 0 atom stereocenters. The van der Waals surface area contributed by atoms with Crippen molar-refractivity contribution in [2.75, 3.05) is 18.4 Å². The highest BCUT2D eigenvalue weighted by Crippen LogP contribution is 2.20. The fourth-order valence-corrected chi connectivity index (χ4v) is 2.26. The Kier molecular flexibility index (Phi) is 8.58. The van der Waals surface area contributed by atoms with Gasteiger partial charge >= 0.3 is 0 Å². The molecule has 122 valence electrons. The summed E-state index contributed by atoms with van der Waals surface area (Å²) in [6.45, 7) is 4.92. The van der Waals surface area contributed by atoms with Gasteiger partial charge in [0.25, 0.3) is 0 Å². The molecule has 0 fully saturated rings. The van der Waals surface area contributed by atoms with Crippen molar-refractivity contribution in [3.63, 3.8) is 0 Å². The van der Waals surface area contributed by atoms with Crippen LogP contribution in [0.3, 0.4) is 0 Å². The Morgan fingerprint density at radius 3 is 2.82 bits per heavy atom. The Morgan fingerprint density at radius 2 is 2.09 bits per heavy atom. The van der Waals surface area contributed by atoms with Crippen LogP contribution in [0.1, 0.15) is 38.2 Å². The molecule has 0 aliphatic carbocycles. The van der Waals surface area contributed by atoms with Gasteiger partial charge in [-0.2, -0.15) is 0 Å². The lowest BCUT2D eigenvalue weighted by atomic mass is 10.2. The molecule has 4 N–H and O–H groups in total. The zero-order valence-corrected chi connectivity index (χ0v) is 14.9. The van der Waals surface area contributed by atoms with Crippen LogP contribution in [0.2, 0.25) is 0 Å². The van der Waals surface area contributed by atoms with Gasteiger partial charge in [0.05, 0.1) is 0 Å². The van der Waals surface area contributed by atoms with Gasteiger partial charge < -0.3 is 16.4 Å². The fourth-order valence-electron chi connectivity index (χ4n) is 1.90. The van der Waals surface area contributed by atoms with E-state index in [2.05, 4.69) is 38.5 Å². The van der Waals surface area contributed by atoms with Crippen LogP contribution in [-0.2, 0) is 4.79 Å². The molecule has 0 aromatic heterocycles. The van der Waals surface area contributed by atoms with Gasteiger partial charge in [-0.3, -0.25) is 4.79 Å². The summed E-state index contributed by atoms with van der Waals surface area (Å²) in [5.74, 6) is 0.134. The number of benzene rings is 1. The minimum atomic E-state index is -0.183. The molecule has 0 unspecified atom stereocenters. The van der Waals surface area contributed by atoms with Crippen LogP contribution < -0.4 is 16.4 Å². The molecule has 0 radical (unpaired) electrons. The third-order valence-corrected chi connectivity index (χ3v) is 3.70. The predicted octanol–water partition coefficient (Wildman–Crippen LogP) is 3.18. The second kappa shape index (κ2) is 10.2. The maximum atomic E-state index is 11.9. The number of aliphatic imine (C=N–C) groups is 1. The number of guanidine groups is 1. The van der Waals surface area contributed by atoms with Crippen molar-refractivity contribution < 1.29 is 4.79 Å². The van der Waals surface area contributed by atoms with Crippen LogP contribution in [0.15, 0.2) is 27.7 Å². The number of halogens is 1. The highest BCUT2D eigenvalue weighted by molar-refractivity contribution is 9.10. The lowest BCUT2D eigenvalue weighted by Gasteiger charge is -2.08. The first-order chi connectivity index (χ1) is 10.5. The standard InChI is InChI=1S/C16H25BrN4O/c1-3-4-5-6-9-19-16(18)20-11-15(22)21-14-10-13(17)8-7-12(14)2/h7-8,10H,3-6,9,11H2,1-2H3,(H,21,22)(H3,18,19,20). The Morgan fingerprint density at radius 1 is 1.32 bits per heavy atom. The van der Waals surface area contributed by atoms with Gasteiger partial charge in [0.2, 0.25) is 5.91 Å². The van der Waals surface area contributed by atoms with Gasteiger partial charge in [0.1, 0.15) is 6.54 Å². The molecule has 5 nitrogen and oxygen atoms in total. The summed E-state index contributed by atoms with van der Waals surface area (Å²) < 4.78 is 0.921. The third-order valence-electron chi connectivity index (χ3n) is 3.20. The quantitative estimate of drug-likeness (QED) is 0.374. The van der Waals surface area contributed by atoms with E-state index >= 15 is 0 Å². The molecule has 1 aromatic rings. The zero-order valence-electron chi connectivity index (χ0n) is 13.3. The van der Waals surface area contributed by atoms with E-state index in [9.17, 15) is 4.79 Å². The number of nitrogens with zero attached hydrogens (tertiary/aromatic N) is 1. The maximum absolute atomic E-state index is 11.9. The number of rotatable bonds is 8. The number of aryl methyl sites for hydroxylation is 1. The second-order valence-electron chi connectivity index (χ2n) is 5.20. The summed E-state index contributed by atoms with van der Waals surface area (Å²) in [6.07, 6.45) is 4.68. The normalized spacial score (nSPS) is 11.3. The van der Waals surface area contributed by atoms with Crippen molar-refractivity contribution in [2.45, 2.75) is 39.5 Å². The van der Waals surface area contributed by atoms with Crippen LogP contribution in [0.5, 0.6) is 0 Å². The summed E-state index contributed by atoms with van der Waals surface area (Å²) in [6, 6.07) is 5.74. The van der Waals surface area contributed by atoms with Crippen LogP contribution >= 0.6 is 15.9 Å². The molecule has 6 heteroatoms. The number of hydrogen-bond acceptors (Lipinski definition) is 2. The topological polar surface area (TPSA) is 79.5 Å². The monoisotopic (exact) mass is 368 g/mol. The summed E-state index contributed by atoms with van der Waals surface area (Å²) in [4.78, 5) is 15.9. The van der Waals surface area contributed by atoms with E-state index in [-0.39, 0.29) is 12.5 Å². The number of carbonyl (C=O) groups excluding carboxylic acids is 1. The molecule has 1 amide bonds. The van der Waals surface area contributed by atoms with Crippen molar-refractivity contribution >= 4 is 33.5 Å². The van der Waals surface area contributed by atoms with Crippen LogP contribution in [-0.4, -0.2) is 25.0 Å². The third kappa shape index (κ3) is 7.45. The number of hydrogen-bond donors (Lipinski definition) is 3. The first-order valence-electron chi connectivity index (χ1n) is 7.62. The smallest absolute Gasteiger partial charge is 0.246 e. The number of nitrogens with one attached hydrogen (secondary N) is 2. The molecular formula is C16H25BrN4O. The van der Waals surface area contributed by atoms with Gasteiger partial charge in [-0.25, -0.2) is 4.99 Å². The number of carbonyl (C=O) groups is 1. The van der Waals surface area contributed by atoms with Gasteiger partial charge in [-0.15, -0.1) is 0 Å². The molecule has 22 heavy (non-hydrogen) atoms. The second-order valence-corrected chi connectivity index (χ2v) is 6.11. The maximum Gasteiger partial charge on any atom is 0.246 e. The summed E-state index contributed by atoms with van der Waals surface area (Å²) in [7, 11) is 0. The summed E-state index contributed by atoms with van der Waals surface area (Å²) >= 11 is 3.39. The van der Waals surface area contributed by atoms with Gasteiger partial charge in [0.15, 0.2) is 5.96 Å². The van der Waals surface area contributed by atoms with Crippen LogP contribution in [0.4, 0.5) is 5.69 Å². The van der Waals surface area contributed by atoms with Crippen molar-refractivity contribution in [1.82, 2.24) is 5.32 Å². The lowest BCUT2D eigenvalue weighted by molar-refractivity contribution is -0.114. The molecule has 0 bridgehead atoms. The highest BCUT2D eigenvalue weighted by Gasteiger charge is 2.05. The van der Waals surface area contributed by atoms with E-state index in [0.29, 0.717) is 5.96 Å². The summed E-state index contributed by atoms with van der Waals surface area (Å²) in [5, 5.41) is 5.85. The van der Waals surface area contributed by atoms with Crippen molar-refractivity contribution in [2.24, 2.45) is 10.7 Å². The van der Waals surface area contributed by atoms with Crippen LogP contribution in [0.25, 0.3) is 0 Å². The zero-order chi connectivity index (χ0) is 16.4. The Hall–Kier alpha value is -1.56. The van der Waals surface area contributed by atoms with Crippen LogP contribution in [0, 0.1) is 6.92 Å². The average molecular weight is 369 g/mol. The predicted molar refractivity (Wildman–Crippen MR) is 96.1 cm³/mol. The minimum absolute atomic E-state index is 0.0136. The van der Waals surface area contributed by atoms with E-state index in [1.165, 1.54) is 19.3 Å². The molecule has 0 saturated carbocycles. The molecule has 1 aromatic carbocycles. The average Bonchev–Trinajstić information content (AvgIpc) is 2.49. The van der Waals surface area contributed by atoms with E-state index in [4.69, 9.17) is 5.73 Å². The van der Waals surface area contributed by atoms with Gasteiger partial charge in [-0.05, 0) is 31.0 Å². The molecule has 0 saturated heterocycles. The Bertz CT molecular complexity index is 517. The largest absolute Gasteiger partial charge is 0.370 e. The number of amides is 1. The summed E-state index contributed by atoms with van der Waals surface area (Å²) in [5.41, 5.74) is 7.52. The van der Waals surface area contributed by atoms with E-state index in [0.717, 1.165) is 28.7 Å². The SMILES string of the molecule is CCCCCCNC(N)=NCC(=O)Nc1cc(Br)ccc1C. The molecule has 0 aliphatic rings. The number of unbranched alkanes of at least 4 members (excludes halogenated alkanes) is 3. The Labute approximate surface area is 140 Å². The molecule has 0 spiro atoms. The van der Waals surface area contributed by atoms with Gasteiger partial charge in [-0.1, -0.05) is 48.2 Å². The number of anilines is 1. The van der Waals surface area contributed by atoms with Gasteiger partial charge in [0, 0.05) is 16.7 Å². The Balaban J connectivity index is 2.35. The first-order valence-corrected chi connectivity index (χ1v) is 8.42. The van der Waals surface area contributed by atoms with Crippen molar-refractivity contribution in [3.8, 4) is 0 Å². The highest BCUT2D eigenvalue weighted by atomic mass is 79.9. The molecule has 0 heterocycles. The molecule has 0 aliphatic heterocycles. The minimum Gasteiger partial charge on any atom is -0.370 e.